The second-order valence-corrected chi connectivity index (χ2v) is 13.3. The second-order valence-electron chi connectivity index (χ2n) is 7.87. The average molecular weight is 520 g/mol. The molecule has 0 spiro atoms. The number of benzene rings is 1. The molecule has 180 valence electrons. The minimum atomic E-state index is -3.73. The zero-order valence-corrected chi connectivity index (χ0v) is 20.5. The molecule has 1 aromatic carbocycles. The molecule has 0 radical (unpaired) electrons. The van der Waals surface area contributed by atoms with E-state index in [1.54, 1.807) is 0 Å². The smallest absolute Gasteiger partial charge is 0.257 e. The van der Waals surface area contributed by atoms with E-state index >= 15 is 0 Å². The summed E-state index contributed by atoms with van der Waals surface area (Å²) in [7, 11) is -4.45. The number of rotatable bonds is 7. The number of thiazole rings is 1. The van der Waals surface area contributed by atoms with Gasteiger partial charge in [0, 0.05) is 25.9 Å². The molecule has 1 saturated carbocycles. The van der Waals surface area contributed by atoms with E-state index < -0.39 is 44.0 Å². The minimum absolute atomic E-state index is 0.0252. The summed E-state index contributed by atoms with van der Waals surface area (Å²) in [5.41, 5.74) is 0.420. The van der Waals surface area contributed by atoms with E-state index in [9.17, 15) is 30.4 Å². The first-order valence-corrected chi connectivity index (χ1v) is 13.9. The number of amides is 1. The molecule has 1 N–H and O–H groups in total. The van der Waals surface area contributed by atoms with E-state index in [4.69, 9.17) is 0 Å². The van der Waals surface area contributed by atoms with Gasteiger partial charge in [0.05, 0.1) is 11.1 Å². The average Bonchev–Trinajstić information content (AvgIpc) is 3.32. The van der Waals surface area contributed by atoms with Gasteiger partial charge in [0.2, 0.25) is 0 Å². The molecular weight excluding hydrogens is 496 g/mol. The number of anilines is 1. The van der Waals surface area contributed by atoms with Crippen LogP contribution in [0.2, 0.25) is 0 Å². The van der Waals surface area contributed by atoms with Crippen LogP contribution in [0.1, 0.15) is 18.4 Å². The number of aromatic nitrogens is 1. The highest BCUT2D eigenvalue weighted by Gasteiger charge is 2.34. The van der Waals surface area contributed by atoms with Crippen LogP contribution in [0, 0.1) is 5.92 Å². The number of hydrogen-bond acceptors (Lipinski definition) is 7. The predicted octanol–water partition coefficient (Wildman–Crippen LogP) is 2.91. The fourth-order valence-electron chi connectivity index (χ4n) is 3.31. The molecule has 33 heavy (non-hydrogen) atoms. The van der Waals surface area contributed by atoms with Crippen molar-refractivity contribution in [1.82, 2.24) is 9.29 Å². The Morgan fingerprint density at radius 1 is 1.12 bits per heavy atom. The number of halogens is 2. The summed E-state index contributed by atoms with van der Waals surface area (Å²) in [5, 5.41) is 2.55. The summed E-state index contributed by atoms with van der Waals surface area (Å²) in [5.74, 6) is -1.20. The van der Waals surface area contributed by atoms with Gasteiger partial charge in [0.1, 0.15) is 12.3 Å². The van der Waals surface area contributed by atoms with E-state index in [0.29, 0.717) is 5.56 Å². The minimum Gasteiger partial charge on any atom is -0.298 e. The molecular formula is C20H23F2N3O5S3. The van der Waals surface area contributed by atoms with Crippen LogP contribution in [-0.2, 0) is 24.7 Å². The summed E-state index contributed by atoms with van der Waals surface area (Å²) < 4.78 is 76.3. The van der Waals surface area contributed by atoms with Crippen molar-refractivity contribution in [3.63, 3.8) is 0 Å². The summed E-state index contributed by atoms with van der Waals surface area (Å²) in [4.78, 5) is 17.1. The van der Waals surface area contributed by atoms with Crippen molar-refractivity contribution >= 4 is 47.8 Å². The third kappa shape index (κ3) is 5.83. The number of allylic oxidation sites excluding steroid dienone is 1. The first kappa shape index (κ1) is 25.4. The van der Waals surface area contributed by atoms with E-state index in [1.807, 2.05) is 0 Å². The van der Waals surface area contributed by atoms with Crippen LogP contribution in [0.25, 0.3) is 5.57 Å². The number of carbonyl (C=O) groups excluding carboxylic acids is 1. The topological polar surface area (TPSA) is 114 Å². The molecule has 1 aromatic heterocycles. The lowest BCUT2D eigenvalue weighted by molar-refractivity contribution is -0.111. The monoisotopic (exact) mass is 519 g/mol. The molecule has 1 fully saturated rings. The lowest BCUT2D eigenvalue weighted by Crippen LogP contribution is -2.21. The van der Waals surface area contributed by atoms with Gasteiger partial charge in [-0.2, -0.15) is 0 Å². The highest BCUT2D eigenvalue weighted by molar-refractivity contribution is 7.91. The van der Waals surface area contributed by atoms with Gasteiger partial charge in [-0.1, -0.05) is 29.5 Å². The summed E-state index contributed by atoms with van der Waals surface area (Å²) >= 11 is 0.759. The summed E-state index contributed by atoms with van der Waals surface area (Å²) in [6.45, 7) is 0. The lowest BCUT2D eigenvalue weighted by Gasteiger charge is -2.11. The van der Waals surface area contributed by atoms with Crippen LogP contribution < -0.4 is 5.32 Å². The van der Waals surface area contributed by atoms with E-state index in [0.717, 1.165) is 28.1 Å². The zero-order chi connectivity index (χ0) is 24.6. The van der Waals surface area contributed by atoms with Crippen LogP contribution >= 0.6 is 11.3 Å². The number of sulfonamides is 1. The lowest BCUT2D eigenvalue weighted by atomic mass is 9.98. The predicted molar refractivity (Wildman–Crippen MR) is 122 cm³/mol. The van der Waals surface area contributed by atoms with Crippen LogP contribution in [0.3, 0.4) is 0 Å². The largest absolute Gasteiger partial charge is 0.298 e. The Balaban J connectivity index is 1.93. The number of sulfone groups is 1. The van der Waals surface area contributed by atoms with Gasteiger partial charge in [0.15, 0.2) is 19.2 Å². The van der Waals surface area contributed by atoms with Crippen molar-refractivity contribution in [1.29, 1.82) is 0 Å². The number of hydrogen-bond donors (Lipinski definition) is 1. The number of nitrogens with zero attached hydrogens (tertiary/aromatic N) is 2. The quantitative estimate of drug-likeness (QED) is 0.563. The third-order valence-corrected chi connectivity index (χ3v) is 9.42. The molecule has 0 saturated heterocycles. The third-order valence-electron chi connectivity index (χ3n) is 5.13. The number of nitrogens with one attached hydrogen (secondary N) is 1. The second kappa shape index (κ2) is 9.57. The first-order valence-electron chi connectivity index (χ1n) is 9.79. The molecule has 2 atom stereocenters. The number of alkyl halides is 2. The molecule has 0 bridgehead atoms. The van der Waals surface area contributed by atoms with Crippen molar-refractivity contribution in [2.24, 2.45) is 5.92 Å². The van der Waals surface area contributed by atoms with Gasteiger partial charge < -0.3 is 0 Å². The van der Waals surface area contributed by atoms with Gasteiger partial charge >= 0.3 is 0 Å². The molecule has 3 rings (SSSR count). The molecule has 2 aromatic rings. The molecule has 1 amide bonds. The summed E-state index contributed by atoms with van der Waals surface area (Å²) in [6, 6.07) is 5.53. The van der Waals surface area contributed by atoms with Crippen molar-refractivity contribution in [2.75, 3.05) is 25.7 Å². The molecule has 0 aliphatic heterocycles. The molecule has 1 heterocycles. The van der Waals surface area contributed by atoms with Crippen LogP contribution in [-0.4, -0.2) is 64.7 Å². The van der Waals surface area contributed by atoms with Gasteiger partial charge in [-0.15, -0.1) is 0 Å². The maximum absolute atomic E-state index is 13.7. The maximum atomic E-state index is 13.7. The van der Waals surface area contributed by atoms with E-state index in [2.05, 4.69) is 10.3 Å². The van der Waals surface area contributed by atoms with Gasteiger partial charge in [-0.05, 0) is 36.5 Å². The van der Waals surface area contributed by atoms with Crippen LogP contribution in [0.5, 0.6) is 0 Å². The fraction of sp³-hybridized carbons (Fsp3) is 0.400. The highest BCUT2D eigenvalue weighted by atomic mass is 32.2. The first-order chi connectivity index (χ1) is 15.3. The van der Waals surface area contributed by atoms with Crippen molar-refractivity contribution in [2.45, 2.75) is 34.3 Å². The Hall–Kier alpha value is -2.22. The van der Waals surface area contributed by atoms with Gasteiger partial charge in [-0.3, -0.25) is 10.1 Å². The Kier molecular flexibility index (Phi) is 7.36. The molecule has 1 aliphatic carbocycles. The SMILES string of the molecule is CN(C)S(=O)(=O)c1cnc(NC(=O)/C(=C/C2CC(F)C(F)C2)c2ccc(S(C)(=O)=O)cc2)s1. The van der Waals surface area contributed by atoms with Crippen LogP contribution in [0.15, 0.2) is 45.6 Å². The standard InChI is InChI=1S/C20H23F2N3O5S3/c1-25(2)33(29,30)18-11-23-20(31-18)24-19(26)15(8-12-9-16(21)17(22)10-12)13-4-6-14(7-5-13)32(3,27)28/h4-8,11-12,16-17H,9-10H2,1-3H3,(H,23,24,26)/b15-8+. The Morgan fingerprint density at radius 3 is 2.21 bits per heavy atom. The fourth-order valence-corrected chi connectivity index (χ4v) is 6.13. The molecule has 8 nitrogen and oxygen atoms in total. The van der Waals surface area contributed by atoms with Crippen molar-refractivity contribution in [3.05, 3.63) is 42.1 Å². The highest BCUT2D eigenvalue weighted by Crippen LogP contribution is 2.34. The number of carbonyl (C=O) groups is 1. The molecule has 13 heteroatoms. The van der Waals surface area contributed by atoms with E-state index in [1.165, 1.54) is 44.4 Å². The Labute approximate surface area is 195 Å². The van der Waals surface area contributed by atoms with Crippen molar-refractivity contribution < 1.29 is 30.4 Å². The van der Waals surface area contributed by atoms with Crippen molar-refractivity contribution in [3.8, 4) is 0 Å². The Morgan fingerprint density at radius 2 is 1.70 bits per heavy atom. The van der Waals surface area contributed by atoms with Gasteiger partial charge in [-0.25, -0.2) is 34.9 Å². The van der Waals surface area contributed by atoms with Gasteiger partial charge in [0.25, 0.3) is 15.9 Å². The van der Waals surface area contributed by atoms with E-state index in [-0.39, 0.29) is 32.7 Å². The maximum Gasteiger partial charge on any atom is 0.257 e. The molecule has 1 aliphatic rings. The summed E-state index contributed by atoms with van der Waals surface area (Å²) in [6.07, 6.45) is 0.223. The zero-order valence-electron chi connectivity index (χ0n) is 18.0. The normalized spacial score (nSPS) is 22.0. The molecule has 2 unspecified atom stereocenters. The Bertz CT molecular complexity index is 1260. The van der Waals surface area contributed by atoms with Crippen LogP contribution in [0.4, 0.5) is 13.9 Å².